The highest BCUT2D eigenvalue weighted by Crippen LogP contribution is 2.62. The highest BCUT2D eigenvalue weighted by Gasteiger charge is 2.48. The van der Waals surface area contributed by atoms with Crippen LogP contribution in [-0.2, 0) is 23.1 Å². The Hall–Kier alpha value is -1.51. The van der Waals surface area contributed by atoms with E-state index >= 15 is 0 Å². The predicted molar refractivity (Wildman–Crippen MR) is 74.3 cm³/mol. The Morgan fingerprint density at radius 2 is 1.46 bits per heavy atom. The first-order chi connectivity index (χ1) is 11.2. The van der Waals surface area contributed by atoms with Crippen molar-refractivity contribution in [1.82, 2.24) is 4.98 Å². The topological polar surface area (TPSA) is 74.7 Å². The smallest absolute Gasteiger partial charge is 0.349 e. The Morgan fingerprint density at radius 1 is 1.00 bits per heavy atom. The lowest BCUT2D eigenvalue weighted by molar-refractivity contribution is -0.143. The van der Waals surface area contributed by atoms with Crippen molar-refractivity contribution >= 4 is 13.6 Å². The number of hydrogen-bond donors (Lipinski definition) is 0. The Kier molecular flexibility index (Phi) is 7.31. The Labute approximate surface area is 135 Å². The summed E-state index contributed by atoms with van der Waals surface area (Å²) < 4.78 is 82.0. The summed E-state index contributed by atoms with van der Waals surface area (Å²) in [6.45, 7) is 3.39. The predicted octanol–water partition coefficient (Wildman–Crippen LogP) is 3.51. The normalized spacial score (nSPS) is 13.0. The second-order valence-electron chi connectivity index (χ2n) is 4.27. The summed E-state index contributed by atoms with van der Waals surface area (Å²) in [4.78, 5) is 14.5. The fourth-order valence-electron chi connectivity index (χ4n) is 1.92. The van der Waals surface area contributed by atoms with Crippen LogP contribution in [0.3, 0.4) is 0 Å². The summed E-state index contributed by atoms with van der Waals surface area (Å²) in [6.07, 6.45) is 0. The zero-order chi connectivity index (χ0) is 18.5. The molecule has 24 heavy (non-hydrogen) atoms. The van der Waals surface area contributed by atoms with E-state index in [1.54, 1.807) is 0 Å². The summed E-state index contributed by atoms with van der Waals surface area (Å²) in [7, 11) is -4.55. The van der Waals surface area contributed by atoms with Gasteiger partial charge in [0.25, 0.3) is 11.9 Å². The number of pyridine rings is 1. The first-order valence-corrected chi connectivity index (χ1v) is 8.59. The van der Waals surface area contributed by atoms with Gasteiger partial charge in [0.05, 0.1) is 25.4 Å². The highest BCUT2D eigenvalue weighted by molar-refractivity contribution is 7.55. The molecule has 1 unspecified atom stereocenters. The quantitative estimate of drug-likeness (QED) is 0.301. The zero-order valence-corrected chi connectivity index (χ0v) is 14.0. The van der Waals surface area contributed by atoms with E-state index in [9.17, 15) is 26.9 Å². The van der Waals surface area contributed by atoms with Crippen LogP contribution in [0.1, 0.15) is 32.0 Å². The number of aromatic nitrogens is 1. The molecule has 0 N–H and O–H groups in total. The maximum Gasteiger partial charge on any atom is 0.349 e. The van der Waals surface area contributed by atoms with Crippen LogP contribution in [0.15, 0.2) is 0 Å². The molecule has 0 bridgehead atoms. The molecule has 0 saturated carbocycles. The molecule has 1 heterocycles. The summed E-state index contributed by atoms with van der Waals surface area (Å²) in [5, 5.41) is 0. The van der Waals surface area contributed by atoms with Crippen LogP contribution in [0.5, 0.6) is 0 Å². The number of ether oxygens (including phenoxy) is 1. The summed E-state index contributed by atoms with van der Waals surface area (Å²) in [6, 6.07) is 0. The van der Waals surface area contributed by atoms with Crippen molar-refractivity contribution in [3.63, 3.8) is 0 Å². The van der Waals surface area contributed by atoms with Gasteiger partial charge >= 0.3 is 13.6 Å². The van der Waals surface area contributed by atoms with Gasteiger partial charge in [-0.2, -0.15) is 13.8 Å². The Balaban J connectivity index is 3.67. The largest absolute Gasteiger partial charge is 0.465 e. The molecule has 0 aliphatic rings. The minimum Gasteiger partial charge on any atom is -0.465 e. The summed E-state index contributed by atoms with van der Waals surface area (Å²) in [5.74, 6) is -9.38. The van der Waals surface area contributed by atoms with Gasteiger partial charge in [-0.1, -0.05) is 0 Å². The first kappa shape index (κ1) is 20.5. The maximum absolute atomic E-state index is 14.0. The monoisotopic (exact) mass is 373 g/mol. The van der Waals surface area contributed by atoms with Crippen molar-refractivity contribution in [3.8, 4) is 0 Å². The number of nitrogens with zero attached hydrogens (tertiary/aromatic N) is 1. The molecule has 0 saturated heterocycles. The molecule has 1 aromatic heterocycles. The van der Waals surface area contributed by atoms with E-state index < -0.39 is 48.3 Å². The molecule has 6 nitrogen and oxygen atoms in total. The van der Waals surface area contributed by atoms with Crippen molar-refractivity contribution < 1.29 is 40.7 Å². The van der Waals surface area contributed by atoms with Crippen molar-refractivity contribution in [2.45, 2.75) is 26.4 Å². The molecule has 0 fully saturated rings. The SMILES string of the molecule is CCOC(=O)C(c1c(F)c(F)nc(F)c1F)P(=O)(OCC)OCC. The maximum atomic E-state index is 14.0. The van der Waals surface area contributed by atoms with Gasteiger partial charge in [-0.05, 0) is 20.8 Å². The van der Waals surface area contributed by atoms with Crippen LogP contribution in [-0.4, -0.2) is 30.8 Å². The minimum atomic E-state index is -4.55. The van der Waals surface area contributed by atoms with E-state index in [2.05, 4.69) is 9.72 Å². The van der Waals surface area contributed by atoms with Crippen LogP contribution in [0.2, 0.25) is 0 Å². The van der Waals surface area contributed by atoms with Crippen LogP contribution in [0.4, 0.5) is 17.6 Å². The summed E-state index contributed by atoms with van der Waals surface area (Å²) in [5.41, 5.74) is -3.80. The third kappa shape index (κ3) is 4.12. The molecule has 0 aliphatic carbocycles. The Bertz CT molecular complexity index is 621. The van der Waals surface area contributed by atoms with Crippen LogP contribution < -0.4 is 0 Å². The van der Waals surface area contributed by atoms with Gasteiger partial charge < -0.3 is 13.8 Å². The lowest BCUT2D eigenvalue weighted by Crippen LogP contribution is -2.23. The number of rotatable bonds is 8. The lowest BCUT2D eigenvalue weighted by Gasteiger charge is -2.25. The van der Waals surface area contributed by atoms with Crippen molar-refractivity contribution in [1.29, 1.82) is 0 Å². The molecule has 1 rings (SSSR count). The molecule has 0 spiro atoms. The highest BCUT2D eigenvalue weighted by atomic mass is 31.2. The molecule has 0 radical (unpaired) electrons. The van der Waals surface area contributed by atoms with E-state index in [-0.39, 0.29) is 19.8 Å². The van der Waals surface area contributed by atoms with Crippen LogP contribution >= 0.6 is 7.60 Å². The van der Waals surface area contributed by atoms with Crippen molar-refractivity contribution in [3.05, 3.63) is 29.1 Å². The number of carbonyl (C=O) groups is 1. The molecular formula is C13H16F4NO5P. The average molecular weight is 373 g/mol. The first-order valence-electron chi connectivity index (χ1n) is 6.98. The number of carbonyl (C=O) groups excluding carboxylic acids is 1. The lowest BCUT2D eigenvalue weighted by atomic mass is 10.1. The molecule has 1 aromatic rings. The molecule has 0 amide bonds. The van der Waals surface area contributed by atoms with Crippen molar-refractivity contribution in [2.75, 3.05) is 19.8 Å². The van der Waals surface area contributed by atoms with Gasteiger partial charge in [-0.25, -0.2) is 8.78 Å². The average Bonchev–Trinajstić information content (AvgIpc) is 2.50. The van der Waals surface area contributed by atoms with Crippen LogP contribution in [0.25, 0.3) is 0 Å². The number of hydrogen-bond acceptors (Lipinski definition) is 6. The summed E-state index contributed by atoms with van der Waals surface area (Å²) >= 11 is 0. The van der Waals surface area contributed by atoms with Crippen molar-refractivity contribution in [2.24, 2.45) is 0 Å². The molecule has 0 aromatic carbocycles. The van der Waals surface area contributed by atoms with Gasteiger partial charge in [0.2, 0.25) is 0 Å². The third-order valence-electron chi connectivity index (χ3n) is 2.75. The van der Waals surface area contributed by atoms with Crippen LogP contribution in [0, 0.1) is 23.5 Å². The van der Waals surface area contributed by atoms with E-state index in [1.807, 2.05) is 0 Å². The molecule has 1 atom stereocenters. The van der Waals surface area contributed by atoms with Gasteiger partial charge in [0.15, 0.2) is 17.3 Å². The molecule has 11 heteroatoms. The molecule has 136 valence electrons. The van der Waals surface area contributed by atoms with E-state index in [0.717, 1.165) is 0 Å². The van der Waals surface area contributed by atoms with Gasteiger partial charge in [0.1, 0.15) is 0 Å². The standard InChI is InChI=1S/C13H16F4NO5P/c1-4-21-13(19)10(24(20,22-5-2)23-6-3)7-8(14)11(16)18-12(17)9(7)15/h10H,4-6H2,1-3H3. The van der Waals surface area contributed by atoms with E-state index in [4.69, 9.17) is 9.05 Å². The van der Waals surface area contributed by atoms with Gasteiger partial charge in [-0.3, -0.25) is 9.36 Å². The Morgan fingerprint density at radius 3 is 1.83 bits per heavy atom. The zero-order valence-electron chi connectivity index (χ0n) is 13.1. The molecule has 0 aliphatic heterocycles. The van der Waals surface area contributed by atoms with Gasteiger partial charge in [0, 0.05) is 0 Å². The number of halogens is 4. The fourth-order valence-corrected chi connectivity index (χ4v) is 3.88. The third-order valence-corrected chi connectivity index (χ3v) is 5.09. The fraction of sp³-hybridized carbons (Fsp3) is 0.538. The molecular weight excluding hydrogens is 357 g/mol. The van der Waals surface area contributed by atoms with Gasteiger partial charge in [-0.15, -0.1) is 0 Å². The van der Waals surface area contributed by atoms with E-state index in [1.165, 1.54) is 20.8 Å². The number of esters is 1. The van der Waals surface area contributed by atoms with E-state index in [0.29, 0.717) is 0 Å². The second-order valence-corrected chi connectivity index (χ2v) is 6.38. The second kappa shape index (κ2) is 8.55. The minimum absolute atomic E-state index is 0.243.